The van der Waals surface area contributed by atoms with E-state index in [0.717, 1.165) is 12.5 Å². The number of hydrogen-bond donors (Lipinski definition) is 1. The molecule has 1 N–H and O–H groups in total. The van der Waals surface area contributed by atoms with E-state index in [4.69, 9.17) is 0 Å². The van der Waals surface area contributed by atoms with Crippen LogP contribution in [0.1, 0.15) is 58.1 Å². The van der Waals surface area contributed by atoms with Crippen molar-refractivity contribution in [2.45, 2.75) is 65.1 Å². The van der Waals surface area contributed by atoms with Crippen LogP contribution in [0.4, 0.5) is 0 Å². The molecule has 2 rings (SSSR count). The van der Waals surface area contributed by atoms with Crippen molar-refractivity contribution in [3.63, 3.8) is 0 Å². The Balaban J connectivity index is 1.80. The van der Waals surface area contributed by atoms with E-state index in [-0.39, 0.29) is 0 Å². The summed E-state index contributed by atoms with van der Waals surface area (Å²) in [5.74, 6) is 0.884. The van der Waals surface area contributed by atoms with E-state index in [9.17, 15) is 0 Å². The molecule has 1 aliphatic rings. The summed E-state index contributed by atoms with van der Waals surface area (Å²) in [5, 5.41) is 8.01. The molecule has 17 heavy (non-hydrogen) atoms. The van der Waals surface area contributed by atoms with Gasteiger partial charge in [0.05, 0.1) is 6.20 Å². The van der Waals surface area contributed by atoms with Crippen LogP contribution in [0.2, 0.25) is 0 Å². The predicted octanol–water partition coefficient (Wildman–Crippen LogP) is 3.13. The lowest BCUT2D eigenvalue weighted by Crippen LogP contribution is -2.31. The van der Waals surface area contributed by atoms with Crippen molar-refractivity contribution >= 4 is 0 Å². The molecule has 0 radical (unpaired) electrons. The zero-order valence-electron chi connectivity index (χ0n) is 11.3. The van der Waals surface area contributed by atoms with Crippen LogP contribution < -0.4 is 5.32 Å². The summed E-state index contributed by atoms with van der Waals surface area (Å²) in [4.78, 5) is 0. The third kappa shape index (κ3) is 3.32. The van der Waals surface area contributed by atoms with Crippen LogP contribution in [0.3, 0.4) is 0 Å². The molecule has 1 fully saturated rings. The van der Waals surface area contributed by atoms with Gasteiger partial charge in [-0.3, -0.25) is 4.68 Å². The summed E-state index contributed by atoms with van der Waals surface area (Å²) >= 11 is 0. The second kappa shape index (κ2) is 5.67. The molecule has 3 heteroatoms. The highest BCUT2D eigenvalue weighted by atomic mass is 15.3. The van der Waals surface area contributed by atoms with Gasteiger partial charge >= 0.3 is 0 Å². The highest BCUT2D eigenvalue weighted by molar-refractivity contribution is 5.04. The summed E-state index contributed by atoms with van der Waals surface area (Å²) in [6.45, 7) is 7.59. The molecule has 1 saturated carbocycles. The molecule has 0 aromatic carbocycles. The third-order valence-electron chi connectivity index (χ3n) is 3.92. The van der Waals surface area contributed by atoms with Crippen molar-refractivity contribution in [2.75, 3.05) is 0 Å². The van der Waals surface area contributed by atoms with Crippen LogP contribution in [0.5, 0.6) is 0 Å². The van der Waals surface area contributed by atoms with E-state index in [1.54, 1.807) is 0 Å². The molecule has 0 saturated heterocycles. The standard InChI is InChI=1S/C14H25N3/c1-11(2)17-10-13(9-16-17)8-15-12(3)14-6-4-5-7-14/h9-12,14-15H,4-8H2,1-3H3/t12-/m0/s1. The quantitative estimate of drug-likeness (QED) is 0.849. The van der Waals surface area contributed by atoms with E-state index in [1.165, 1.54) is 31.2 Å². The molecular weight excluding hydrogens is 210 g/mol. The molecular formula is C14H25N3. The maximum atomic E-state index is 4.37. The Bertz CT molecular complexity index is 337. The first-order valence-corrected chi connectivity index (χ1v) is 6.93. The fourth-order valence-electron chi connectivity index (χ4n) is 2.65. The van der Waals surface area contributed by atoms with Crippen LogP contribution in [0.25, 0.3) is 0 Å². The van der Waals surface area contributed by atoms with E-state index in [0.29, 0.717) is 12.1 Å². The molecule has 1 heterocycles. The Morgan fingerprint density at radius 3 is 2.65 bits per heavy atom. The van der Waals surface area contributed by atoms with Crippen LogP contribution in [0, 0.1) is 5.92 Å². The molecule has 0 spiro atoms. The minimum absolute atomic E-state index is 0.455. The Morgan fingerprint density at radius 1 is 1.35 bits per heavy atom. The lowest BCUT2D eigenvalue weighted by molar-refractivity contribution is 0.380. The van der Waals surface area contributed by atoms with Crippen LogP contribution in [0.15, 0.2) is 12.4 Å². The minimum Gasteiger partial charge on any atom is -0.310 e. The largest absolute Gasteiger partial charge is 0.310 e. The maximum Gasteiger partial charge on any atom is 0.0534 e. The van der Waals surface area contributed by atoms with Crippen molar-refractivity contribution in [2.24, 2.45) is 5.92 Å². The molecule has 0 aliphatic heterocycles. The van der Waals surface area contributed by atoms with E-state index in [1.807, 2.05) is 10.9 Å². The van der Waals surface area contributed by atoms with Gasteiger partial charge in [0.15, 0.2) is 0 Å². The van der Waals surface area contributed by atoms with E-state index >= 15 is 0 Å². The van der Waals surface area contributed by atoms with Crippen LogP contribution in [-0.4, -0.2) is 15.8 Å². The van der Waals surface area contributed by atoms with Crippen molar-refractivity contribution in [3.8, 4) is 0 Å². The minimum atomic E-state index is 0.455. The van der Waals surface area contributed by atoms with Gasteiger partial charge in [-0.15, -0.1) is 0 Å². The highest BCUT2D eigenvalue weighted by Gasteiger charge is 2.20. The van der Waals surface area contributed by atoms with Gasteiger partial charge in [-0.2, -0.15) is 5.10 Å². The number of nitrogens with zero attached hydrogens (tertiary/aromatic N) is 2. The Kier molecular flexibility index (Phi) is 4.21. The molecule has 96 valence electrons. The molecule has 1 aliphatic carbocycles. The van der Waals surface area contributed by atoms with Gasteiger partial charge in [-0.05, 0) is 39.5 Å². The molecule has 3 nitrogen and oxygen atoms in total. The van der Waals surface area contributed by atoms with Gasteiger partial charge in [0.1, 0.15) is 0 Å². The van der Waals surface area contributed by atoms with Crippen LogP contribution >= 0.6 is 0 Å². The molecule has 1 atom stereocenters. The first-order chi connectivity index (χ1) is 8.16. The molecule has 0 amide bonds. The maximum absolute atomic E-state index is 4.37. The topological polar surface area (TPSA) is 29.9 Å². The number of rotatable bonds is 5. The average Bonchev–Trinajstić information content (AvgIpc) is 2.97. The van der Waals surface area contributed by atoms with Crippen molar-refractivity contribution in [1.82, 2.24) is 15.1 Å². The van der Waals surface area contributed by atoms with Crippen molar-refractivity contribution < 1.29 is 0 Å². The summed E-state index contributed by atoms with van der Waals surface area (Å²) in [7, 11) is 0. The van der Waals surface area contributed by atoms with Gasteiger partial charge in [-0.25, -0.2) is 0 Å². The van der Waals surface area contributed by atoms with E-state index in [2.05, 4.69) is 37.4 Å². The fourth-order valence-corrected chi connectivity index (χ4v) is 2.65. The number of hydrogen-bond acceptors (Lipinski definition) is 2. The number of nitrogens with one attached hydrogen (secondary N) is 1. The van der Waals surface area contributed by atoms with Crippen LogP contribution in [-0.2, 0) is 6.54 Å². The van der Waals surface area contributed by atoms with Gasteiger partial charge in [0.25, 0.3) is 0 Å². The Hall–Kier alpha value is -0.830. The monoisotopic (exact) mass is 235 g/mol. The fraction of sp³-hybridized carbons (Fsp3) is 0.786. The highest BCUT2D eigenvalue weighted by Crippen LogP contribution is 2.27. The molecule has 1 aromatic rings. The SMILES string of the molecule is CC(C)n1cc(CN[C@@H](C)C2CCCC2)cn1. The second-order valence-electron chi connectivity index (χ2n) is 5.64. The third-order valence-corrected chi connectivity index (χ3v) is 3.92. The second-order valence-corrected chi connectivity index (χ2v) is 5.64. The molecule has 0 unspecified atom stereocenters. The molecule has 1 aromatic heterocycles. The van der Waals surface area contributed by atoms with Gasteiger partial charge in [0, 0.05) is 30.4 Å². The van der Waals surface area contributed by atoms with Gasteiger partial charge < -0.3 is 5.32 Å². The average molecular weight is 235 g/mol. The van der Waals surface area contributed by atoms with Gasteiger partial charge in [-0.1, -0.05) is 12.8 Å². The Morgan fingerprint density at radius 2 is 2.06 bits per heavy atom. The molecule has 0 bridgehead atoms. The van der Waals surface area contributed by atoms with Crippen molar-refractivity contribution in [3.05, 3.63) is 18.0 Å². The zero-order valence-corrected chi connectivity index (χ0v) is 11.3. The lowest BCUT2D eigenvalue weighted by atomic mass is 10.00. The zero-order chi connectivity index (χ0) is 12.3. The lowest BCUT2D eigenvalue weighted by Gasteiger charge is -2.19. The Labute approximate surface area is 105 Å². The number of aromatic nitrogens is 2. The summed E-state index contributed by atoms with van der Waals surface area (Å²) in [6, 6.07) is 1.09. The first-order valence-electron chi connectivity index (χ1n) is 6.93. The van der Waals surface area contributed by atoms with E-state index < -0.39 is 0 Å². The smallest absolute Gasteiger partial charge is 0.0534 e. The predicted molar refractivity (Wildman–Crippen MR) is 70.9 cm³/mol. The summed E-state index contributed by atoms with van der Waals surface area (Å²) in [6.07, 6.45) is 9.77. The van der Waals surface area contributed by atoms with Crippen molar-refractivity contribution in [1.29, 1.82) is 0 Å². The summed E-state index contributed by atoms with van der Waals surface area (Å²) in [5.41, 5.74) is 1.29. The first kappa shape index (κ1) is 12.6. The normalized spacial score (nSPS) is 19.1. The van der Waals surface area contributed by atoms with Gasteiger partial charge in [0.2, 0.25) is 0 Å². The summed E-state index contributed by atoms with van der Waals surface area (Å²) < 4.78 is 2.03.